The summed E-state index contributed by atoms with van der Waals surface area (Å²) in [5, 5.41) is 6.70. The summed E-state index contributed by atoms with van der Waals surface area (Å²) < 4.78 is 23.5. The second kappa shape index (κ2) is 9.60. The van der Waals surface area contributed by atoms with Gasteiger partial charge in [-0.15, -0.1) is 0 Å². The summed E-state index contributed by atoms with van der Waals surface area (Å²) in [7, 11) is 0.252. The lowest BCUT2D eigenvalue weighted by Gasteiger charge is -2.40. The fourth-order valence-corrected chi connectivity index (χ4v) is 6.70. The van der Waals surface area contributed by atoms with Crippen molar-refractivity contribution < 1.29 is 13.7 Å². The lowest BCUT2D eigenvalue weighted by molar-refractivity contribution is -0.124. The molecule has 7 nitrogen and oxygen atoms in total. The Hall–Kier alpha value is -2.16. The number of amides is 1. The predicted molar refractivity (Wildman–Crippen MR) is 131 cm³/mol. The molecule has 0 saturated carbocycles. The zero-order valence-electron chi connectivity index (χ0n) is 20.3. The first-order valence-electron chi connectivity index (χ1n) is 11.7. The number of carbonyl (C=O) groups is 1. The molecular weight excluding hydrogens is 436 g/mol. The maximum atomic E-state index is 13.9. The Morgan fingerprint density at radius 1 is 1.27 bits per heavy atom. The molecule has 0 aliphatic carbocycles. The van der Waals surface area contributed by atoms with Crippen LogP contribution in [0.1, 0.15) is 49.6 Å². The molecule has 2 aromatic rings. The third-order valence-electron chi connectivity index (χ3n) is 7.02. The first-order chi connectivity index (χ1) is 15.7. The third-order valence-corrected chi connectivity index (χ3v) is 8.88. The number of nitrogens with one attached hydrogen (secondary N) is 2. The van der Waals surface area contributed by atoms with Crippen LogP contribution in [0, 0.1) is 19.3 Å². The van der Waals surface area contributed by atoms with Crippen LogP contribution >= 0.6 is 0 Å². The average molecular weight is 473 g/mol. The van der Waals surface area contributed by atoms with Crippen molar-refractivity contribution in [2.75, 3.05) is 26.7 Å². The minimum absolute atomic E-state index is 0.000513. The molecule has 1 aromatic carbocycles. The van der Waals surface area contributed by atoms with Crippen LogP contribution in [0.5, 0.6) is 5.75 Å². The van der Waals surface area contributed by atoms with Crippen LogP contribution in [0.2, 0.25) is 0 Å². The van der Waals surface area contributed by atoms with Crippen LogP contribution < -0.4 is 15.4 Å². The van der Waals surface area contributed by atoms with Gasteiger partial charge in [0.25, 0.3) is 0 Å². The number of hydrogen-bond acceptors (Lipinski definition) is 4. The monoisotopic (exact) mass is 472 g/mol. The van der Waals surface area contributed by atoms with Crippen molar-refractivity contribution in [1.29, 1.82) is 0 Å². The van der Waals surface area contributed by atoms with Crippen molar-refractivity contribution in [2.45, 2.75) is 64.1 Å². The molecule has 1 aromatic heterocycles. The van der Waals surface area contributed by atoms with E-state index in [0.717, 1.165) is 53.5 Å². The Morgan fingerprint density at radius 3 is 2.67 bits per heavy atom. The lowest BCUT2D eigenvalue weighted by Crippen LogP contribution is -2.54. The van der Waals surface area contributed by atoms with E-state index in [0.29, 0.717) is 6.54 Å². The van der Waals surface area contributed by atoms with E-state index in [4.69, 9.17) is 4.74 Å². The molecule has 2 aliphatic rings. The van der Waals surface area contributed by atoms with Crippen molar-refractivity contribution in [2.24, 2.45) is 5.41 Å². The second-order valence-electron chi connectivity index (χ2n) is 9.90. The van der Waals surface area contributed by atoms with Gasteiger partial charge in [0.2, 0.25) is 5.91 Å². The number of fused-ring (bicyclic) bond motifs is 1. The molecule has 1 amide bonds. The van der Waals surface area contributed by atoms with Gasteiger partial charge >= 0.3 is 0 Å². The highest BCUT2D eigenvalue weighted by Crippen LogP contribution is 2.35. The van der Waals surface area contributed by atoms with Crippen LogP contribution in [0.3, 0.4) is 0 Å². The minimum Gasteiger partial charge on any atom is -0.497 e. The van der Waals surface area contributed by atoms with Gasteiger partial charge in [0.1, 0.15) is 16.7 Å². The molecule has 33 heavy (non-hydrogen) atoms. The largest absolute Gasteiger partial charge is 0.497 e. The van der Waals surface area contributed by atoms with E-state index in [1.807, 2.05) is 48.6 Å². The van der Waals surface area contributed by atoms with Crippen molar-refractivity contribution in [3.63, 3.8) is 0 Å². The molecule has 3 atom stereocenters. The van der Waals surface area contributed by atoms with E-state index in [-0.39, 0.29) is 29.8 Å². The predicted octanol–water partition coefficient (Wildman–Crippen LogP) is 3.09. The highest BCUT2D eigenvalue weighted by atomic mass is 32.2. The molecule has 0 radical (unpaired) electrons. The zero-order valence-corrected chi connectivity index (χ0v) is 21.1. The molecule has 2 aliphatic heterocycles. The summed E-state index contributed by atoms with van der Waals surface area (Å²) in [5.41, 5.74) is 2.91. The lowest BCUT2D eigenvalue weighted by atomic mass is 9.80. The summed E-state index contributed by atoms with van der Waals surface area (Å²) in [5.74, 6) is 0.776. The standard InChI is InChI=1S/C25H36N4O3S/c1-17-13-19(32-5)14-18(2)24(17)33(31)29-12-11-28-10-6-7-20(28)21(29)15-23(30)27-22-8-9-26-16-25(22,3)4/h6-7,10,13-14,21-22,26H,8-9,11-12,15-16H2,1-5H3,(H,27,30). The first kappa shape index (κ1) is 24.0. The number of hydrogen-bond donors (Lipinski definition) is 2. The fraction of sp³-hybridized carbons (Fsp3) is 0.560. The van der Waals surface area contributed by atoms with Crippen LogP contribution in [0.4, 0.5) is 0 Å². The van der Waals surface area contributed by atoms with Crippen LogP contribution in [-0.4, -0.2) is 51.8 Å². The second-order valence-corrected chi connectivity index (χ2v) is 11.3. The molecule has 180 valence electrons. The Kier molecular flexibility index (Phi) is 6.98. The van der Waals surface area contributed by atoms with Crippen LogP contribution in [-0.2, 0) is 22.3 Å². The number of rotatable bonds is 6. The molecule has 8 heteroatoms. The summed E-state index contributed by atoms with van der Waals surface area (Å²) in [6.45, 7) is 11.5. The van der Waals surface area contributed by atoms with Crippen molar-refractivity contribution in [3.05, 3.63) is 47.3 Å². The number of nitrogens with zero attached hydrogens (tertiary/aromatic N) is 2. The average Bonchev–Trinajstić information content (AvgIpc) is 3.24. The van der Waals surface area contributed by atoms with Gasteiger partial charge in [-0.2, -0.15) is 0 Å². The number of carbonyl (C=O) groups excluding carboxylic acids is 1. The van der Waals surface area contributed by atoms with E-state index in [1.165, 1.54) is 0 Å². The van der Waals surface area contributed by atoms with E-state index in [1.54, 1.807) is 7.11 Å². The van der Waals surface area contributed by atoms with Crippen LogP contribution in [0.15, 0.2) is 35.4 Å². The quantitative estimate of drug-likeness (QED) is 0.678. The molecule has 2 N–H and O–H groups in total. The molecule has 1 saturated heterocycles. The van der Waals surface area contributed by atoms with Gasteiger partial charge < -0.3 is 19.9 Å². The number of methoxy groups -OCH3 is 1. The number of aryl methyl sites for hydroxylation is 2. The Labute approximate surface area is 199 Å². The maximum absolute atomic E-state index is 13.9. The molecule has 0 bridgehead atoms. The zero-order chi connectivity index (χ0) is 23.8. The molecule has 1 fully saturated rings. The highest BCUT2D eigenvalue weighted by Gasteiger charge is 2.37. The van der Waals surface area contributed by atoms with E-state index < -0.39 is 11.0 Å². The normalized spacial score (nSPS) is 23.5. The van der Waals surface area contributed by atoms with Gasteiger partial charge in [0, 0.05) is 44.0 Å². The first-order valence-corrected chi connectivity index (χ1v) is 12.8. The molecule has 4 rings (SSSR count). The SMILES string of the molecule is COc1cc(C)c(S(=O)N2CCn3cccc3C2CC(=O)NC2CCNCC2(C)C)c(C)c1. The van der Waals surface area contributed by atoms with Crippen molar-refractivity contribution in [3.8, 4) is 5.75 Å². The summed E-state index contributed by atoms with van der Waals surface area (Å²) in [4.78, 5) is 14.0. The summed E-state index contributed by atoms with van der Waals surface area (Å²) >= 11 is 0. The number of benzene rings is 1. The van der Waals surface area contributed by atoms with Crippen molar-refractivity contribution in [1.82, 2.24) is 19.5 Å². The topological polar surface area (TPSA) is 75.6 Å². The van der Waals surface area contributed by atoms with Gasteiger partial charge in [-0.05, 0) is 67.6 Å². The molecule has 3 unspecified atom stereocenters. The molecule has 3 heterocycles. The highest BCUT2D eigenvalue weighted by molar-refractivity contribution is 7.82. The smallest absolute Gasteiger partial charge is 0.222 e. The maximum Gasteiger partial charge on any atom is 0.222 e. The Bertz CT molecular complexity index is 1030. The summed E-state index contributed by atoms with van der Waals surface area (Å²) in [6.07, 6.45) is 3.24. The number of piperidine rings is 1. The van der Waals surface area contributed by atoms with E-state index in [9.17, 15) is 9.00 Å². The Balaban J connectivity index is 1.59. The Morgan fingerprint density at radius 2 is 2.00 bits per heavy atom. The van der Waals surface area contributed by atoms with Gasteiger partial charge in [0.05, 0.1) is 18.0 Å². The third kappa shape index (κ3) is 4.88. The van der Waals surface area contributed by atoms with Gasteiger partial charge in [-0.25, -0.2) is 8.51 Å². The minimum atomic E-state index is -1.39. The number of aromatic nitrogens is 1. The van der Waals surface area contributed by atoms with Gasteiger partial charge in [-0.3, -0.25) is 4.79 Å². The van der Waals surface area contributed by atoms with Crippen LogP contribution in [0.25, 0.3) is 0 Å². The van der Waals surface area contributed by atoms with E-state index >= 15 is 0 Å². The van der Waals surface area contributed by atoms with Crippen molar-refractivity contribution >= 4 is 16.9 Å². The fourth-order valence-electron chi connectivity index (χ4n) is 5.14. The van der Waals surface area contributed by atoms with Gasteiger partial charge in [-0.1, -0.05) is 13.8 Å². The molecular formula is C25H36N4O3S. The summed E-state index contributed by atoms with van der Waals surface area (Å²) in [6, 6.07) is 7.78. The van der Waals surface area contributed by atoms with E-state index in [2.05, 4.69) is 29.0 Å². The number of ether oxygens (including phenoxy) is 1. The van der Waals surface area contributed by atoms with Gasteiger partial charge in [0.15, 0.2) is 0 Å². The molecule has 0 spiro atoms.